The minimum atomic E-state index is -0.365. The lowest BCUT2D eigenvalue weighted by atomic mass is 9.93. The summed E-state index contributed by atoms with van der Waals surface area (Å²) in [6.45, 7) is 5.12. The van der Waals surface area contributed by atoms with Gasteiger partial charge < -0.3 is 14.6 Å². The molecule has 4 rings (SSSR count). The maximum absolute atomic E-state index is 14.2. The van der Waals surface area contributed by atoms with Gasteiger partial charge in [-0.1, -0.05) is 31.2 Å². The molecule has 3 aromatic rings. The van der Waals surface area contributed by atoms with Crippen molar-refractivity contribution >= 4 is 17.2 Å². The minimum absolute atomic E-state index is 0.0825. The number of nitrogens with one attached hydrogen (secondary N) is 1. The van der Waals surface area contributed by atoms with Crippen LogP contribution >= 0.6 is 11.3 Å². The van der Waals surface area contributed by atoms with Crippen molar-refractivity contribution in [2.24, 2.45) is 5.92 Å². The quantitative estimate of drug-likeness (QED) is 0.631. The van der Waals surface area contributed by atoms with Crippen LogP contribution in [0.3, 0.4) is 0 Å². The Balaban J connectivity index is 1.36. The number of carbonyl (C=O) groups is 1. The van der Waals surface area contributed by atoms with Crippen LogP contribution in [0, 0.1) is 11.7 Å². The third kappa shape index (κ3) is 4.60. The molecule has 3 heterocycles. The molecule has 1 N–H and O–H groups in total. The predicted octanol–water partition coefficient (Wildman–Crippen LogP) is 4.83. The number of likely N-dealkylation sites (tertiary alicyclic amines) is 1. The molecule has 1 fully saturated rings. The van der Waals surface area contributed by atoms with Crippen LogP contribution in [-0.4, -0.2) is 36.5 Å². The normalized spacial score (nSPS) is 19.9. The monoisotopic (exact) mass is 412 g/mol. The van der Waals surface area contributed by atoms with Crippen molar-refractivity contribution < 1.29 is 13.6 Å². The molecule has 1 aliphatic rings. The Morgan fingerprint density at radius 2 is 2.10 bits per heavy atom. The molecule has 0 radical (unpaired) electrons. The Hall–Kier alpha value is -2.44. The Bertz CT molecular complexity index is 953. The highest BCUT2D eigenvalue weighted by molar-refractivity contribution is 7.09. The summed E-state index contributed by atoms with van der Waals surface area (Å²) in [5.41, 5.74) is 0.865. The molecule has 4 nitrogen and oxygen atoms in total. The molecular weight excluding hydrogens is 387 g/mol. The summed E-state index contributed by atoms with van der Waals surface area (Å²) in [5.74, 6) is -0.141. The highest BCUT2D eigenvalue weighted by Crippen LogP contribution is 2.28. The number of halogens is 1. The number of rotatable bonds is 6. The number of amides is 1. The van der Waals surface area contributed by atoms with E-state index in [1.807, 2.05) is 0 Å². The molecule has 152 valence electrons. The van der Waals surface area contributed by atoms with Crippen molar-refractivity contribution in [1.29, 1.82) is 0 Å². The van der Waals surface area contributed by atoms with Gasteiger partial charge in [0, 0.05) is 41.7 Å². The summed E-state index contributed by atoms with van der Waals surface area (Å²) in [7, 11) is 0. The summed E-state index contributed by atoms with van der Waals surface area (Å²) < 4.78 is 19.6. The zero-order chi connectivity index (χ0) is 20.2. The number of hydrogen-bond acceptors (Lipinski definition) is 4. The Labute approximate surface area is 174 Å². The molecule has 0 saturated carbocycles. The van der Waals surface area contributed by atoms with E-state index in [2.05, 4.69) is 34.7 Å². The van der Waals surface area contributed by atoms with E-state index in [1.165, 1.54) is 17.2 Å². The van der Waals surface area contributed by atoms with Gasteiger partial charge >= 0.3 is 0 Å². The number of hydrogen-bond donors (Lipinski definition) is 1. The van der Waals surface area contributed by atoms with E-state index < -0.39 is 0 Å². The second-order valence-corrected chi connectivity index (χ2v) is 8.65. The predicted molar refractivity (Wildman–Crippen MR) is 114 cm³/mol. The standard InChI is InChI=1S/C23H25FN2O2S/c1-16-15-26(11-8-17-5-4-14-29-17)12-9-21(16)25-23(27)22-19(10-13-28-22)18-6-2-3-7-20(18)24/h2-7,10,13-14,16,21H,8-9,11-12,15H2,1H3,(H,25,27)/t16-,21+/m0/s1. The zero-order valence-corrected chi connectivity index (χ0v) is 17.3. The first-order valence-corrected chi connectivity index (χ1v) is 10.9. The summed E-state index contributed by atoms with van der Waals surface area (Å²) in [6, 6.07) is 12.4. The largest absolute Gasteiger partial charge is 0.459 e. The molecule has 0 spiro atoms. The highest BCUT2D eigenvalue weighted by atomic mass is 32.1. The number of piperidine rings is 1. The van der Waals surface area contributed by atoms with Gasteiger partial charge in [0.15, 0.2) is 5.76 Å². The fraction of sp³-hybridized carbons (Fsp3) is 0.348. The van der Waals surface area contributed by atoms with Crippen LogP contribution in [0.5, 0.6) is 0 Å². The van der Waals surface area contributed by atoms with Gasteiger partial charge in [-0.3, -0.25) is 4.79 Å². The minimum Gasteiger partial charge on any atom is -0.459 e. The molecule has 0 aliphatic carbocycles. The summed E-state index contributed by atoms with van der Waals surface area (Å²) >= 11 is 1.80. The van der Waals surface area contributed by atoms with Gasteiger partial charge in [-0.25, -0.2) is 4.39 Å². The number of nitrogens with zero attached hydrogens (tertiary/aromatic N) is 1. The molecule has 2 aromatic heterocycles. The van der Waals surface area contributed by atoms with Gasteiger partial charge in [0.25, 0.3) is 5.91 Å². The van der Waals surface area contributed by atoms with Crippen molar-refractivity contribution in [3.05, 3.63) is 70.6 Å². The van der Waals surface area contributed by atoms with Crippen LogP contribution < -0.4 is 5.32 Å². The average molecular weight is 413 g/mol. The first kappa shape index (κ1) is 19.9. The molecule has 0 unspecified atom stereocenters. The van der Waals surface area contributed by atoms with Gasteiger partial charge in [-0.2, -0.15) is 0 Å². The van der Waals surface area contributed by atoms with Crippen LogP contribution in [0.4, 0.5) is 4.39 Å². The first-order chi connectivity index (χ1) is 14.1. The van der Waals surface area contributed by atoms with E-state index in [4.69, 9.17) is 4.42 Å². The molecule has 2 atom stereocenters. The van der Waals surface area contributed by atoms with Gasteiger partial charge in [0.05, 0.1) is 6.26 Å². The second kappa shape index (κ2) is 8.93. The molecule has 1 aliphatic heterocycles. The van der Waals surface area contributed by atoms with E-state index in [1.54, 1.807) is 35.6 Å². The van der Waals surface area contributed by atoms with Gasteiger partial charge in [-0.15, -0.1) is 11.3 Å². The maximum atomic E-state index is 14.2. The van der Waals surface area contributed by atoms with Crippen LogP contribution in [-0.2, 0) is 6.42 Å². The van der Waals surface area contributed by atoms with E-state index in [0.29, 0.717) is 17.0 Å². The summed E-state index contributed by atoms with van der Waals surface area (Å²) in [4.78, 5) is 16.7. The molecular formula is C23H25FN2O2S. The molecule has 1 amide bonds. The number of benzene rings is 1. The third-order valence-corrected chi connectivity index (χ3v) is 6.53. The Kier molecular flexibility index (Phi) is 6.11. The van der Waals surface area contributed by atoms with Gasteiger partial charge in [0.1, 0.15) is 5.82 Å². The zero-order valence-electron chi connectivity index (χ0n) is 16.4. The van der Waals surface area contributed by atoms with Gasteiger partial charge in [0.2, 0.25) is 0 Å². The molecule has 1 saturated heterocycles. The summed E-state index contributed by atoms with van der Waals surface area (Å²) in [6.07, 6.45) is 3.40. The van der Waals surface area contributed by atoms with Gasteiger partial charge in [-0.05, 0) is 42.3 Å². The average Bonchev–Trinajstić information content (AvgIpc) is 3.40. The van der Waals surface area contributed by atoms with E-state index in [0.717, 1.165) is 32.5 Å². The van der Waals surface area contributed by atoms with Crippen molar-refractivity contribution in [2.45, 2.75) is 25.8 Å². The van der Waals surface area contributed by atoms with E-state index in [-0.39, 0.29) is 23.5 Å². The number of furan rings is 1. The molecule has 29 heavy (non-hydrogen) atoms. The number of thiophene rings is 1. The fourth-order valence-corrected chi connectivity index (χ4v) is 4.68. The van der Waals surface area contributed by atoms with Crippen LogP contribution in [0.1, 0.15) is 28.8 Å². The second-order valence-electron chi connectivity index (χ2n) is 7.62. The van der Waals surface area contributed by atoms with E-state index >= 15 is 0 Å². The highest BCUT2D eigenvalue weighted by Gasteiger charge is 2.29. The Morgan fingerprint density at radius 3 is 2.86 bits per heavy atom. The first-order valence-electron chi connectivity index (χ1n) is 10.00. The van der Waals surface area contributed by atoms with Crippen molar-refractivity contribution in [3.63, 3.8) is 0 Å². The Morgan fingerprint density at radius 1 is 1.24 bits per heavy atom. The lowest BCUT2D eigenvalue weighted by molar-refractivity contribution is 0.0842. The summed E-state index contributed by atoms with van der Waals surface area (Å²) in [5, 5.41) is 5.23. The number of carbonyl (C=O) groups excluding carboxylic acids is 1. The lowest BCUT2D eigenvalue weighted by Crippen LogP contribution is -2.50. The van der Waals surface area contributed by atoms with E-state index in [9.17, 15) is 9.18 Å². The van der Waals surface area contributed by atoms with Crippen molar-refractivity contribution in [3.8, 4) is 11.1 Å². The molecule has 6 heteroatoms. The fourth-order valence-electron chi connectivity index (χ4n) is 3.98. The van der Waals surface area contributed by atoms with Crippen molar-refractivity contribution in [1.82, 2.24) is 10.2 Å². The molecule has 1 aromatic carbocycles. The molecule has 0 bridgehead atoms. The maximum Gasteiger partial charge on any atom is 0.287 e. The lowest BCUT2D eigenvalue weighted by Gasteiger charge is -2.37. The van der Waals surface area contributed by atoms with Crippen LogP contribution in [0.25, 0.3) is 11.1 Å². The SMILES string of the molecule is C[C@H]1CN(CCc2cccs2)CC[C@H]1NC(=O)c1occc1-c1ccccc1F. The smallest absolute Gasteiger partial charge is 0.287 e. The van der Waals surface area contributed by atoms with Crippen LogP contribution in [0.2, 0.25) is 0 Å². The topological polar surface area (TPSA) is 45.5 Å². The van der Waals surface area contributed by atoms with Crippen LogP contribution in [0.15, 0.2) is 58.5 Å². The third-order valence-electron chi connectivity index (χ3n) is 5.60. The van der Waals surface area contributed by atoms with Crippen molar-refractivity contribution in [2.75, 3.05) is 19.6 Å².